The molecule has 0 amide bonds. The van der Waals surface area contributed by atoms with E-state index in [0.29, 0.717) is 21.8 Å². The quantitative estimate of drug-likeness (QED) is 0.628. The first-order valence-electron chi connectivity index (χ1n) is 7.54. The summed E-state index contributed by atoms with van der Waals surface area (Å²) in [6, 6.07) is 10.8. The van der Waals surface area contributed by atoms with Crippen LogP contribution in [-0.4, -0.2) is 24.0 Å². The number of phenolic OH excluding ortho intramolecular Hbond substituents is 1. The van der Waals surface area contributed by atoms with Gasteiger partial charge in [0.1, 0.15) is 24.4 Å². The topological polar surface area (TPSA) is 98.6 Å². The van der Waals surface area contributed by atoms with Crippen LogP contribution in [0.1, 0.15) is 20.8 Å². The minimum Gasteiger partial charge on any atom is -0.507 e. The molecular formula is C18H14N3O3S+. The number of carbonyl (C=O) groups is 1. The maximum Gasteiger partial charge on any atom is 0.232 e. The molecule has 0 radical (unpaired) electrons. The van der Waals surface area contributed by atoms with Crippen LogP contribution in [0.3, 0.4) is 0 Å². The monoisotopic (exact) mass is 352 g/mol. The number of nitriles is 2. The molecule has 1 aromatic heterocycles. The maximum absolute atomic E-state index is 12.5. The lowest BCUT2D eigenvalue weighted by Crippen LogP contribution is -3.10. The molecule has 2 aromatic rings. The number of rotatable bonds is 5. The number of ketones is 1. The summed E-state index contributed by atoms with van der Waals surface area (Å²) in [5.74, 6) is 0.247. The van der Waals surface area contributed by atoms with Crippen LogP contribution in [0, 0.1) is 22.7 Å². The maximum atomic E-state index is 12.5. The molecule has 1 aliphatic heterocycles. The number of hydrogen-bond donors (Lipinski definition) is 2. The van der Waals surface area contributed by atoms with Crippen molar-refractivity contribution < 1.29 is 19.5 Å². The number of ether oxygens (including phenoxy) is 1. The summed E-state index contributed by atoms with van der Waals surface area (Å²) < 4.78 is 5.74. The number of aromatic hydroxyl groups is 1. The van der Waals surface area contributed by atoms with Gasteiger partial charge in [-0.1, -0.05) is 6.07 Å². The molecule has 0 fully saturated rings. The van der Waals surface area contributed by atoms with E-state index in [4.69, 9.17) is 15.3 Å². The standard InChI is InChI=1S/C18H13N3O3S/c19-5-7-21(8-6-20)11-14-15(22)4-3-13-17(23)16(24-18(13)14)10-12-2-1-9-25-12/h1-4,9-10,22H,7-8,11H2/p+1/b16-10+. The molecule has 0 unspecified atom stereocenters. The summed E-state index contributed by atoms with van der Waals surface area (Å²) >= 11 is 1.49. The van der Waals surface area contributed by atoms with Crippen molar-refractivity contribution in [3.05, 3.63) is 51.4 Å². The predicted molar refractivity (Wildman–Crippen MR) is 91.0 cm³/mol. The smallest absolute Gasteiger partial charge is 0.232 e. The number of Topliss-reactive ketones (excluding diaryl/α,β-unsaturated/α-hetero) is 1. The van der Waals surface area contributed by atoms with Crippen molar-refractivity contribution in [2.45, 2.75) is 6.54 Å². The molecular weight excluding hydrogens is 338 g/mol. The van der Waals surface area contributed by atoms with E-state index in [-0.39, 0.29) is 36.9 Å². The molecule has 0 spiro atoms. The van der Waals surface area contributed by atoms with E-state index in [1.807, 2.05) is 29.7 Å². The summed E-state index contributed by atoms with van der Waals surface area (Å²) in [7, 11) is 0. The van der Waals surface area contributed by atoms with E-state index < -0.39 is 0 Å². The zero-order chi connectivity index (χ0) is 17.8. The van der Waals surface area contributed by atoms with Crippen molar-refractivity contribution in [2.75, 3.05) is 13.1 Å². The minimum absolute atomic E-state index is 0.0164. The number of allylic oxidation sites excluding steroid dienone is 1. The largest absolute Gasteiger partial charge is 0.507 e. The van der Waals surface area contributed by atoms with Crippen molar-refractivity contribution in [3.63, 3.8) is 0 Å². The Hall–Kier alpha value is -3.13. The normalized spacial score (nSPS) is 14.2. The second-order valence-corrected chi connectivity index (χ2v) is 6.47. The number of phenols is 1. The molecule has 0 aliphatic carbocycles. The van der Waals surface area contributed by atoms with E-state index in [9.17, 15) is 9.90 Å². The molecule has 0 atom stereocenters. The van der Waals surface area contributed by atoms with Gasteiger partial charge in [0.15, 0.2) is 24.6 Å². The Morgan fingerprint density at radius 3 is 2.64 bits per heavy atom. The van der Waals surface area contributed by atoms with Crippen LogP contribution in [-0.2, 0) is 6.54 Å². The van der Waals surface area contributed by atoms with E-state index in [1.54, 1.807) is 6.08 Å². The fraction of sp³-hybridized carbons (Fsp3) is 0.167. The minimum atomic E-state index is -0.244. The van der Waals surface area contributed by atoms with Crippen LogP contribution in [0.15, 0.2) is 35.4 Å². The van der Waals surface area contributed by atoms with Gasteiger partial charge in [0.05, 0.1) is 11.1 Å². The fourth-order valence-electron chi connectivity index (χ4n) is 2.63. The van der Waals surface area contributed by atoms with Gasteiger partial charge in [-0.3, -0.25) is 4.79 Å². The van der Waals surface area contributed by atoms with Gasteiger partial charge in [-0.2, -0.15) is 10.5 Å². The van der Waals surface area contributed by atoms with Crippen LogP contribution in [0.2, 0.25) is 0 Å². The first kappa shape index (κ1) is 16.7. The van der Waals surface area contributed by atoms with Gasteiger partial charge in [0.25, 0.3) is 0 Å². The molecule has 124 valence electrons. The average Bonchev–Trinajstić information content (AvgIpc) is 3.20. The van der Waals surface area contributed by atoms with E-state index >= 15 is 0 Å². The highest BCUT2D eigenvalue weighted by Crippen LogP contribution is 2.39. The van der Waals surface area contributed by atoms with Crippen LogP contribution < -0.4 is 9.64 Å². The van der Waals surface area contributed by atoms with Crippen LogP contribution in [0.4, 0.5) is 0 Å². The van der Waals surface area contributed by atoms with Gasteiger partial charge >= 0.3 is 0 Å². The van der Waals surface area contributed by atoms with Crippen LogP contribution in [0.25, 0.3) is 6.08 Å². The zero-order valence-corrected chi connectivity index (χ0v) is 14.0. The van der Waals surface area contributed by atoms with Crippen molar-refractivity contribution in [2.24, 2.45) is 0 Å². The summed E-state index contributed by atoms with van der Waals surface area (Å²) in [5, 5.41) is 29.9. The van der Waals surface area contributed by atoms with Gasteiger partial charge in [0, 0.05) is 11.0 Å². The second kappa shape index (κ2) is 7.18. The van der Waals surface area contributed by atoms with Crippen molar-refractivity contribution in [3.8, 4) is 23.6 Å². The number of nitrogens with one attached hydrogen (secondary N) is 1. The molecule has 2 heterocycles. The number of thiophene rings is 1. The lowest BCUT2D eigenvalue weighted by molar-refractivity contribution is -0.899. The highest BCUT2D eigenvalue weighted by atomic mass is 32.1. The van der Waals surface area contributed by atoms with Gasteiger partial charge < -0.3 is 14.7 Å². The number of hydrogen-bond acceptors (Lipinski definition) is 6. The number of carbonyl (C=O) groups excluding carboxylic acids is 1. The molecule has 1 aliphatic rings. The zero-order valence-electron chi connectivity index (χ0n) is 13.2. The van der Waals surface area contributed by atoms with Crippen molar-refractivity contribution in [1.82, 2.24) is 0 Å². The Morgan fingerprint density at radius 1 is 1.24 bits per heavy atom. The van der Waals surface area contributed by atoms with Gasteiger partial charge in [-0.25, -0.2) is 0 Å². The summed E-state index contributed by atoms with van der Waals surface area (Å²) in [6.45, 7) is 0.445. The summed E-state index contributed by atoms with van der Waals surface area (Å²) in [6.07, 6.45) is 1.67. The SMILES string of the molecule is N#CC[NH+](CC#N)Cc1c(O)ccc2c1O/C(=C/c1cccs1)C2=O. The van der Waals surface area contributed by atoms with E-state index in [1.165, 1.54) is 23.5 Å². The average molecular weight is 352 g/mol. The van der Waals surface area contributed by atoms with Gasteiger partial charge in [-0.05, 0) is 23.6 Å². The Balaban J connectivity index is 1.96. The Bertz CT molecular complexity index is 904. The third-order valence-electron chi connectivity index (χ3n) is 3.82. The highest BCUT2D eigenvalue weighted by molar-refractivity contribution is 7.10. The predicted octanol–water partition coefficient (Wildman–Crippen LogP) is 1.50. The molecule has 25 heavy (non-hydrogen) atoms. The van der Waals surface area contributed by atoms with Crippen molar-refractivity contribution in [1.29, 1.82) is 10.5 Å². The van der Waals surface area contributed by atoms with Crippen molar-refractivity contribution >= 4 is 23.2 Å². The Morgan fingerprint density at radius 2 is 2.00 bits per heavy atom. The molecule has 3 rings (SSSR count). The molecule has 0 saturated carbocycles. The van der Waals surface area contributed by atoms with E-state index in [2.05, 4.69) is 0 Å². The summed E-state index contributed by atoms with van der Waals surface area (Å²) in [4.78, 5) is 14.1. The Labute approximate surface area is 148 Å². The summed E-state index contributed by atoms with van der Waals surface area (Å²) in [5.41, 5.74) is 0.810. The van der Waals surface area contributed by atoms with Crippen LogP contribution >= 0.6 is 11.3 Å². The Kier molecular flexibility index (Phi) is 4.80. The van der Waals surface area contributed by atoms with Gasteiger partial charge in [0.2, 0.25) is 5.78 Å². The second-order valence-electron chi connectivity index (χ2n) is 5.49. The van der Waals surface area contributed by atoms with Gasteiger partial charge in [-0.15, -0.1) is 11.3 Å². The van der Waals surface area contributed by atoms with Crippen LogP contribution in [0.5, 0.6) is 11.5 Å². The molecule has 2 N–H and O–H groups in total. The molecule has 6 nitrogen and oxygen atoms in total. The lowest BCUT2D eigenvalue weighted by Gasteiger charge is -2.15. The first-order valence-corrected chi connectivity index (χ1v) is 8.42. The fourth-order valence-corrected chi connectivity index (χ4v) is 3.28. The molecule has 1 aromatic carbocycles. The number of benzene rings is 1. The third-order valence-corrected chi connectivity index (χ3v) is 4.64. The highest BCUT2D eigenvalue weighted by Gasteiger charge is 2.32. The number of nitrogens with zero attached hydrogens (tertiary/aromatic N) is 2. The number of fused-ring (bicyclic) bond motifs is 1. The first-order chi connectivity index (χ1) is 12.1. The lowest BCUT2D eigenvalue weighted by atomic mass is 10.0. The third kappa shape index (κ3) is 3.38. The molecule has 0 bridgehead atoms. The number of quaternary nitrogens is 1. The molecule has 0 saturated heterocycles. The van der Waals surface area contributed by atoms with E-state index in [0.717, 1.165) is 4.88 Å². The molecule has 7 heteroatoms.